The lowest BCUT2D eigenvalue weighted by Gasteiger charge is -2.06. The van der Waals surface area contributed by atoms with Gasteiger partial charge in [0.25, 0.3) is 0 Å². The van der Waals surface area contributed by atoms with Crippen LogP contribution < -0.4 is 5.32 Å². The molecule has 6 heteroatoms. The second-order valence-corrected chi connectivity index (χ2v) is 7.20. The summed E-state index contributed by atoms with van der Waals surface area (Å²) in [7, 11) is 0. The van der Waals surface area contributed by atoms with Crippen LogP contribution in [0.2, 0.25) is 5.02 Å². The van der Waals surface area contributed by atoms with E-state index in [0.29, 0.717) is 10.2 Å². The number of halogens is 1. The summed E-state index contributed by atoms with van der Waals surface area (Å²) in [4.78, 5) is 12.4. The maximum atomic E-state index is 12.4. The number of nitrogens with zero attached hydrogens (tertiary/aromatic N) is 2. The molecule has 0 aliphatic heterocycles. The van der Waals surface area contributed by atoms with Crippen LogP contribution in [0.15, 0.2) is 66.7 Å². The largest absolute Gasteiger partial charge is 0.300 e. The van der Waals surface area contributed by atoms with Crippen LogP contribution in [0, 0.1) is 0 Å². The van der Waals surface area contributed by atoms with Crippen molar-refractivity contribution in [3.8, 4) is 10.6 Å². The number of fused-ring (bicyclic) bond motifs is 1. The molecule has 0 radical (unpaired) electrons. The number of benzene rings is 3. The zero-order valence-corrected chi connectivity index (χ0v) is 15.2. The number of carbonyl (C=O) groups excluding carboxylic acids is 1. The van der Waals surface area contributed by atoms with Gasteiger partial charge in [0, 0.05) is 10.6 Å². The summed E-state index contributed by atoms with van der Waals surface area (Å²) < 4.78 is 0. The van der Waals surface area contributed by atoms with Gasteiger partial charge in [0.2, 0.25) is 11.0 Å². The van der Waals surface area contributed by atoms with Crippen LogP contribution >= 0.6 is 22.9 Å². The van der Waals surface area contributed by atoms with Crippen molar-refractivity contribution in [2.75, 3.05) is 5.32 Å². The fourth-order valence-corrected chi connectivity index (χ4v) is 3.66. The standard InChI is InChI=1S/C20H14ClN3OS/c21-16-10-8-14(9-11-16)19-23-24-20(26-19)22-18(25)12-15-6-3-5-13-4-1-2-7-17(13)15/h1-11H,12H2,(H,22,24,25). The molecule has 0 fully saturated rings. The molecule has 26 heavy (non-hydrogen) atoms. The van der Waals surface area contributed by atoms with Gasteiger partial charge in [-0.3, -0.25) is 4.79 Å². The third-order valence-corrected chi connectivity index (χ3v) is 5.13. The van der Waals surface area contributed by atoms with Crippen LogP contribution in [0.3, 0.4) is 0 Å². The van der Waals surface area contributed by atoms with Gasteiger partial charge < -0.3 is 5.32 Å². The van der Waals surface area contributed by atoms with Crippen molar-refractivity contribution in [1.29, 1.82) is 0 Å². The molecule has 128 valence electrons. The molecule has 0 spiro atoms. The number of nitrogens with one attached hydrogen (secondary N) is 1. The summed E-state index contributed by atoms with van der Waals surface area (Å²) in [6, 6.07) is 21.4. The van der Waals surface area contributed by atoms with Gasteiger partial charge in [-0.25, -0.2) is 0 Å². The normalized spacial score (nSPS) is 10.8. The lowest BCUT2D eigenvalue weighted by molar-refractivity contribution is -0.115. The predicted molar refractivity (Wildman–Crippen MR) is 107 cm³/mol. The first-order valence-corrected chi connectivity index (χ1v) is 9.24. The Hall–Kier alpha value is -2.76. The molecular formula is C20H14ClN3OS. The number of hydrogen-bond acceptors (Lipinski definition) is 4. The molecule has 1 N–H and O–H groups in total. The first kappa shape index (κ1) is 16.7. The van der Waals surface area contributed by atoms with E-state index in [1.807, 2.05) is 54.6 Å². The molecule has 0 atom stereocenters. The summed E-state index contributed by atoms with van der Waals surface area (Å²) in [5.74, 6) is -0.111. The van der Waals surface area contributed by atoms with Crippen molar-refractivity contribution >= 4 is 44.7 Å². The minimum absolute atomic E-state index is 0.111. The first-order valence-electron chi connectivity index (χ1n) is 8.05. The summed E-state index contributed by atoms with van der Waals surface area (Å²) >= 11 is 7.24. The molecule has 1 aromatic heterocycles. The van der Waals surface area contributed by atoms with Gasteiger partial charge >= 0.3 is 0 Å². The lowest BCUT2D eigenvalue weighted by atomic mass is 10.0. The Kier molecular flexibility index (Phi) is 4.65. The molecule has 4 nitrogen and oxygen atoms in total. The third kappa shape index (κ3) is 3.59. The molecule has 0 aliphatic rings. The summed E-state index contributed by atoms with van der Waals surface area (Å²) in [5, 5.41) is 15.1. The maximum absolute atomic E-state index is 12.4. The van der Waals surface area contributed by atoms with Crippen molar-refractivity contribution in [1.82, 2.24) is 10.2 Å². The third-order valence-electron chi connectivity index (χ3n) is 3.99. The molecule has 0 saturated heterocycles. The van der Waals surface area contributed by atoms with Crippen LogP contribution in [0.1, 0.15) is 5.56 Å². The van der Waals surface area contributed by atoms with Crippen LogP contribution in [0.4, 0.5) is 5.13 Å². The van der Waals surface area contributed by atoms with Crippen molar-refractivity contribution in [2.24, 2.45) is 0 Å². The molecule has 1 amide bonds. The van der Waals surface area contributed by atoms with E-state index in [9.17, 15) is 4.79 Å². The van der Waals surface area contributed by atoms with E-state index in [-0.39, 0.29) is 12.3 Å². The predicted octanol–water partition coefficient (Wildman–Crippen LogP) is 5.19. The highest BCUT2D eigenvalue weighted by atomic mass is 35.5. The second-order valence-electron chi connectivity index (χ2n) is 5.78. The molecular weight excluding hydrogens is 366 g/mol. The highest BCUT2D eigenvalue weighted by Gasteiger charge is 2.11. The summed E-state index contributed by atoms with van der Waals surface area (Å²) in [5.41, 5.74) is 1.91. The molecule has 4 rings (SSSR count). The first-order chi connectivity index (χ1) is 12.7. The van der Waals surface area contributed by atoms with E-state index in [0.717, 1.165) is 26.9 Å². The summed E-state index contributed by atoms with van der Waals surface area (Å²) in [6.45, 7) is 0. The molecule has 0 aliphatic carbocycles. The number of anilines is 1. The number of amides is 1. The smallest absolute Gasteiger partial charge is 0.230 e. The monoisotopic (exact) mass is 379 g/mol. The van der Waals surface area contributed by atoms with Crippen LogP contribution in [0.5, 0.6) is 0 Å². The highest BCUT2D eigenvalue weighted by molar-refractivity contribution is 7.18. The van der Waals surface area contributed by atoms with Crippen LogP contribution in [0.25, 0.3) is 21.3 Å². The van der Waals surface area contributed by atoms with Gasteiger partial charge in [-0.05, 0) is 28.5 Å². The van der Waals surface area contributed by atoms with Gasteiger partial charge in [-0.1, -0.05) is 77.5 Å². The zero-order chi connectivity index (χ0) is 17.9. The molecule has 0 bridgehead atoms. The minimum atomic E-state index is -0.111. The van der Waals surface area contributed by atoms with Gasteiger partial charge in [-0.15, -0.1) is 10.2 Å². The van der Waals surface area contributed by atoms with E-state index in [4.69, 9.17) is 11.6 Å². The Morgan fingerprint density at radius 2 is 1.73 bits per heavy atom. The number of hydrogen-bond donors (Lipinski definition) is 1. The van der Waals surface area contributed by atoms with Gasteiger partial charge in [0.15, 0.2) is 0 Å². The lowest BCUT2D eigenvalue weighted by Crippen LogP contribution is -2.14. The van der Waals surface area contributed by atoms with Gasteiger partial charge in [0.05, 0.1) is 6.42 Å². The second kappa shape index (κ2) is 7.23. The number of aromatic nitrogens is 2. The Labute approximate surface area is 159 Å². The Morgan fingerprint density at radius 1 is 0.962 bits per heavy atom. The molecule has 4 aromatic rings. The van der Waals surface area contributed by atoms with Gasteiger partial charge in [-0.2, -0.15) is 0 Å². The minimum Gasteiger partial charge on any atom is -0.300 e. The number of carbonyl (C=O) groups is 1. The molecule has 0 unspecified atom stereocenters. The fourth-order valence-electron chi connectivity index (χ4n) is 2.77. The van der Waals surface area contributed by atoms with Crippen molar-refractivity contribution in [3.63, 3.8) is 0 Å². The molecule has 0 saturated carbocycles. The van der Waals surface area contributed by atoms with E-state index >= 15 is 0 Å². The fraction of sp³-hybridized carbons (Fsp3) is 0.0500. The van der Waals surface area contributed by atoms with E-state index < -0.39 is 0 Å². The summed E-state index contributed by atoms with van der Waals surface area (Å²) in [6.07, 6.45) is 0.289. The van der Waals surface area contributed by atoms with Crippen LogP contribution in [-0.2, 0) is 11.2 Å². The Bertz CT molecular complexity index is 1070. The average Bonchev–Trinajstić information content (AvgIpc) is 3.11. The molecule has 3 aromatic carbocycles. The highest BCUT2D eigenvalue weighted by Crippen LogP contribution is 2.27. The maximum Gasteiger partial charge on any atom is 0.230 e. The quantitative estimate of drug-likeness (QED) is 0.530. The zero-order valence-electron chi connectivity index (χ0n) is 13.6. The Morgan fingerprint density at radius 3 is 2.58 bits per heavy atom. The molecule has 1 heterocycles. The SMILES string of the molecule is O=C(Cc1cccc2ccccc12)Nc1nnc(-c2ccc(Cl)cc2)s1. The van der Waals surface area contributed by atoms with Crippen molar-refractivity contribution < 1.29 is 4.79 Å². The van der Waals surface area contributed by atoms with E-state index in [1.54, 1.807) is 12.1 Å². The van der Waals surface area contributed by atoms with Crippen LogP contribution in [-0.4, -0.2) is 16.1 Å². The van der Waals surface area contributed by atoms with Crippen molar-refractivity contribution in [2.45, 2.75) is 6.42 Å². The van der Waals surface area contributed by atoms with Crippen molar-refractivity contribution in [3.05, 3.63) is 77.3 Å². The van der Waals surface area contributed by atoms with E-state index in [2.05, 4.69) is 15.5 Å². The van der Waals surface area contributed by atoms with Gasteiger partial charge in [0.1, 0.15) is 5.01 Å². The average molecular weight is 380 g/mol. The van der Waals surface area contributed by atoms with E-state index in [1.165, 1.54) is 11.3 Å². The Balaban J connectivity index is 1.49. The number of rotatable bonds is 4. The topological polar surface area (TPSA) is 54.9 Å².